The minimum absolute atomic E-state index is 0.121. The van der Waals surface area contributed by atoms with Crippen LogP contribution in [0.25, 0.3) is 0 Å². The number of nitrogens with one attached hydrogen (secondary N) is 1. The number of halogens is 1. The van der Waals surface area contributed by atoms with Crippen LogP contribution in [0.4, 0.5) is 0 Å². The van der Waals surface area contributed by atoms with Crippen LogP contribution in [0, 0.1) is 0 Å². The third kappa shape index (κ3) is 5.21. The summed E-state index contributed by atoms with van der Waals surface area (Å²) in [5, 5.41) is 2.84. The molecule has 1 amide bonds. The van der Waals surface area contributed by atoms with E-state index in [9.17, 15) is 9.59 Å². The fourth-order valence-electron chi connectivity index (χ4n) is 2.10. The molecule has 2 aromatic rings. The van der Waals surface area contributed by atoms with Crippen molar-refractivity contribution < 1.29 is 14.3 Å². The summed E-state index contributed by atoms with van der Waals surface area (Å²) < 4.78 is 6.20. The topological polar surface area (TPSA) is 55.4 Å². The summed E-state index contributed by atoms with van der Waals surface area (Å²) >= 11 is 3.29. The minimum Gasteiger partial charge on any atom is -0.483 e. The van der Waals surface area contributed by atoms with Crippen LogP contribution in [0.3, 0.4) is 0 Å². The van der Waals surface area contributed by atoms with Crippen molar-refractivity contribution in [1.29, 1.82) is 0 Å². The molecule has 0 fully saturated rings. The summed E-state index contributed by atoms with van der Waals surface area (Å²) in [4.78, 5) is 22.9. The summed E-state index contributed by atoms with van der Waals surface area (Å²) in [5.41, 5.74) is 1.58. The molecule has 0 bridgehead atoms. The Morgan fingerprint density at radius 1 is 1.26 bits per heavy atom. The van der Waals surface area contributed by atoms with Gasteiger partial charge >= 0.3 is 0 Å². The predicted molar refractivity (Wildman–Crippen MR) is 92.9 cm³/mol. The SMILES string of the molecule is CC(CNC(=O)COc1ccc(Br)cc1C=O)c1ccccc1. The van der Waals surface area contributed by atoms with Gasteiger partial charge in [0, 0.05) is 11.0 Å². The molecule has 0 aliphatic heterocycles. The predicted octanol–water partition coefficient (Wildman–Crippen LogP) is 3.56. The van der Waals surface area contributed by atoms with Gasteiger partial charge in [-0.25, -0.2) is 0 Å². The summed E-state index contributed by atoms with van der Waals surface area (Å²) in [6.07, 6.45) is 0.704. The summed E-state index contributed by atoms with van der Waals surface area (Å²) in [5.74, 6) is 0.403. The van der Waals surface area contributed by atoms with Crippen molar-refractivity contribution in [3.05, 3.63) is 64.1 Å². The van der Waals surface area contributed by atoms with Crippen LogP contribution < -0.4 is 10.1 Å². The minimum atomic E-state index is -0.215. The number of carbonyl (C=O) groups is 2. The Labute approximate surface area is 144 Å². The molecule has 0 aromatic heterocycles. The van der Waals surface area contributed by atoms with Gasteiger partial charge in [0.1, 0.15) is 5.75 Å². The zero-order valence-electron chi connectivity index (χ0n) is 12.8. The molecule has 0 saturated heterocycles. The van der Waals surface area contributed by atoms with Gasteiger partial charge in [-0.2, -0.15) is 0 Å². The van der Waals surface area contributed by atoms with Crippen LogP contribution in [0.2, 0.25) is 0 Å². The Bertz CT molecular complexity index is 673. The van der Waals surface area contributed by atoms with Gasteiger partial charge in [-0.1, -0.05) is 53.2 Å². The van der Waals surface area contributed by atoms with Crippen LogP contribution in [0.15, 0.2) is 53.0 Å². The molecule has 0 aliphatic rings. The third-order valence-electron chi connectivity index (χ3n) is 3.43. The van der Waals surface area contributed by atoms with E-state index in [0.29, 0.717) is 24.1 Å². The Hall–Kier alpha value is -2.14. The van der Waals surface area contributed by atoms with Crippen LogP contribution in [0.5, 0.6) is 5.75 Å². The van der Waals surface area contributed by atoms with Gasteiger partial charge in [0.05, 0.1) is 5.56 Å². The molecule has 0 saturated carbocycles. The number of carbonyl (C=O) groups excluding carboxylic acids is 2. The highest BCUT2D eigenvalue weighted by Crippen LogP contribution is 2.21. The van der Waals surface area contributed by atoms with Gasteiger partial charge < -0.3 is 10.1 Å². The molecular formula is C18H18BrNO3. The number of rotatable bonds is 7. The standard InChI is InChI=1S/C18H18BrNO3/c1-13(14-5-3-2-4-6-14)10-20-18(22)12-23-17-8-7-16(19)9-15(17)11-21/h2-9,11,13H,10,12H2,1H3,(H,20,22). The molecular weight excluding hydrogens is 358 g/mol. The van der Waals surface area contributed by atoms with Gasteiger partial charge in [-0.05, 0) is 29.7 Å². The van der Waals surface area contributed by atoms with Crippen molar-refractivity contribution in [2.75, 3.05) is 13.2 Å². The Balaban J connectivity index is 1.83. The van der Waals surface area contributed by atoms with Crippen molar-refractivity contribution >= 4 is 28.1 Å². The average molecular weight is 376 g/mol. The van der Waals surface area contributed by atoms with E-state index in [4.69, 9.17) is 4.74 Å². The first kappa shape index (κ1) is 17.2. The van der Waals surface area contributed by atoms with E-state index < -0.39 is 0 Å². The first-order chi connectivity index (χ1) is 11.1. The van der Waals surface area contributed by atoms with E-state index in [1.807, 2.05) is 30.3 Å². The number of benzene rings is 2. The van der Waals surface area contributed by atoms with Crippen molar-refractivity contribution in [3.8, 4) is 5.75 Å². The largest absolute Gasteiger partial charge is 0.483 e. The first-order valence-corrected chi connectivity index (χ1v) is 8.08. The van der Waals surface area contributed by atoms with Gasteiger partial charge in [0.2, 0.25) is 0 Å². The van der Waals surface area contributed by atoms with Crippen molar-refractivity contribution in [3.63, 3.8) is 0 Å². The molecule has 4 nitrogen and oxygen atoms in total. The molecule has 5 heteroatoms. The van der Waals surface area contributed by atoms with Crippen molar-refractivity contribution in [2.24, 2.45) is 0 Å². The molecule has 0 heterocycles. The number of ether oxygens (including phenoxy) is 1. The number of amides is 1. The van der Waals surface area contributed by atoms with Crippen LogP contribution >= 0.6 is 15.9 Å². The number of hydrogen-bond acceptors (Lipinski definition) is 3. The number of hydrogen-bond donors (Lipinski definition) is 1. The molecule has 1 unspecified atom stereocenters. The van der Waals surface area contributed by atoms with Gasteiger partial charge in [0.15, 0.2) is 12.9 Å². The zero-order valence-corrected chi connectivity index (χ0v) is 14.4. The Morgan fingerprint density at radius 2 is 2.00 bits per heavy atom. The van der Waals surface area contributed by atoms with Gasteiger partial charge in [-0.15, -0.1) is 0 Å². The lowest BCUT2D eigenvalue weighted by atomic mass is 10.0. The van der Waals surface area contributed by atoms with Crippen LogP contribution in [-0.2, 0) is 4.79 Å². The number of aldehydes is 1. The smallest absolute Gasteiger partial charge is 0.257 e. The van der Waals surface area contributed by atoms with E-state index in [-0.39, 0.29) is 18.4 Å². The lowest BCUT2D eigenvalue weighted by molar-refractivity contribution is -0.123. The van der Waals surface area contributed by atoms with E-state index in [2.05, 4.69) is 28.2 Å². The Kier molecular flexibility index (Phi) is 6.35. The third-order valence-corrected chi connectivity index (χ3v) is 3.92. The quantitative estimate of drug-likeness (QED) is 0.752. The highest BCUT2D eigenvalue weighted by atomic mass is 79.9. The van der Waals surface area contributed by atoms with E-state index >= 15 is 0 Å². The fourth-order valence-corrected chi connectivity index (χ4v) is 2.48. The van der Waals surface area contributed by atoms with Gasteiger partial charge in [0.25, 0.3) is 5.91 Å². The molecule has 0 spiro atoms. The normalized spacial score (nSPS) is 11.6. The first-order valence-electron chi connectivity index (χ1n) is 7.29. The summed E-state index contributed by atoms with van der Waals surface area (Å²) in [7, 11) is 0. The molecule has 23 heavy (non-hydrogen) atoms. The molecule has 2 rings (SSSR count). The van der Waals surface area contributed by atoms with Crippen LogP contribution in [-0.4, -0.2) is 25.3 Å². The highest BCUT2D eigenvalue weighted by Gasteiger charge is 2.10. The second-order valence-corrected chi connectivity index (χ2v) is 6.12. The zero-order chi connectivity index (χ0) is 16.7. The van der Waals surface area contributed by atoms with Crippen molar-refractivity contribution in [1.82, 2.24) is 5.32 Å². The fraction of sp³-hybridized carbons (Fsp3) is 0.222. The highest BCUT2D eigenvalue weighted by molar-refractivity contribution is 9.10. The second kappa shape index (κ2) is 8.48. The van der Waals surface area contributed by atoms with Crippen LogP contribution in [0.1, 0.15) is 28.8 Å². The summed E-state index contributed by atoms with van der Waals surface area (Å²) in [6, 6.07) is 15.1. The van der Waals surface area contributed by atoms with E-state index in [1.165, 1.54) is 5.56 Å². The molecule has 2 aromatic carbocycles. The Morgan fingerprint density at radius 3 is 2.70 bits per heavy atom. The molecule has 0 radical (unpaired) electrons. The monoisotopic (exact) mass is 375 g/mol. The summed E-state index contributed by atoms with van der Waals surface area (Å²) in [6.45, 7) is 2.47. The molecule has 1 atom stereocenters. The molecule has 120 valence electrons. The maximum Gasteiger partial charge on any atom is 0.257 e. The molecule has 1 N–H and O–H groups in total. The van der Waals surface area contributed by atoms with Crippen molar-refractivity contribution in [2.45, 2.75) is 12.8 Å². The maximum atomic E-state index is 11.9. The average Bonchev–Trinajstić information content (AvgIpc) is 2.59. The van der Waals surface area contributed by atoms with E-state index in [0.717, 1.165) is 4.47 Å². The molecule has 0 aliphatic carbocycles. The van der Waals surface area contributed by atoms with Gasteiger partial charge in [-0.3, -0.25) is 9.59 Å². The second-order valence-electron chi connectivity index (χ2n) is 5.20. The van der Waals surface area contributed by atoms with E-state index in [1.54, 1.807) is 18.2 Å². The lowest BCUT2D eigenvalue weighted by Crippen LogP contribution is -2.32. The lowest BCUT2D eigenvalue weighted by Gasteiger charge is -2.14. The maximum absolute atomic E-state index is 11.9.